The van der Waals surface area contributed by atoms with E-state index in [0.29, 0.717) is 5.56 Å². The van der Waals surface area contributed by atoms with Crippen molar-refractivity contribution < 1.29 is 14.3 Å². The average Bonchev–Trinajstić information content (AvgIpc) is 2.94. The number of amides is 1. The fourth-order valence-electron chi connectivity index (χ4n) is 3.39. The lowest BCUT2D eigenvalue weighted by Crippen LogP contribution is -2.17. The normalized spacial score (nSPS) is 11.0. The van der Waals surface area contributed by atoms with Crippen LogP contribution in [0.2, 0.25) is 0 Å². The molecule has 0 saturated heterocycles. The monoisotopic (exact) mass is 500 g/mol. The highest BCUT2D eigenvalue weighted by atomic mass is 16.5. The lowest BCUT2D eigenvalue weighted by molar-refractivity contribution is 0.0955. The van der Waals surface area contributed by atoms with E-state index in [1.54, 1.807) is 38.8 Å². The summed E-state index contributed by atoms with van der Waals surface area (Å²) in [7, 11) is 3.26. The molecule has 8 heteroatoms. The number of anilines is 1. The number of hydrogen-bond donors (Lipinski definition) is 3. The van der Waals surface area contributed by atoms with Crippen LogP contribution in [0.5, 0.6) is 11.5 Å². The molecule has 0 saturated carbocycles. The lowest BCUT2D eigenvalue weighted by atomic mass is 10.1. The fourth-order valence-corrected chi connectivity index (χ4v) is 3.39. The van der Waals surface area contributed by atoms with Crippen LogP contribution in [0.1, 0.15) is 47.2 Å². The Balaban J connectivity index is 1.25. The van der Waals surface area contributed by atoms with E-state index in [9.17, 15) is 4.79 Å². The van der Waals surface area contributed by atoms with E-state index in [2.05, 4.69) is 26.4 Å². The fraction of sp³-hybridized carbons (Fsp3) is 0.241. The SMILES string of the molecule is COc1cccc(C=NNCCCCC[CH]Nc2ccc(C(=O)NN=Cc3cccc(OC)c3)cc2)c1. The number of nitrogens with zero attached hydrogens (tertiary/aromatic N) is 2. The molecule has 3 aromatic rings. The van der Waals surface area contributed by atoms with Gasteiger partial charge in [-0.3, -0.25) is 4.79 Å². The molecular formula is C29H34N5O3. The molecule has 0 aliphatic heterocycles. The maximum absolute atomic E-state index is 12.3. The van der Waals surface area contributed by atoms with Crippen molar-refractivity contribution in [1.29, 1.82) is 0 Å². The Bertz CT molecular complexity index is 1160. The summed E-state index contributed by atoms with van der Waals surface area (Å²) in [6.07, 6.45) is 7.57. The Labute approximate surface area is 218 Å². The van der Waals surface area contributed by atoms with Crippen molar-refractivity contribution in [2.24, 2.45) is 10.2 Å². The van der Waals surface area contributed by atoms with Crippen LogP contribution in [-0.2, 0) is 0 Å². The Hall–Kier alpha value is -4.33. The summed E-state index contributed by atoms with van der Waals surface area (Å²) in [6, 6.07) is 22.5. The van der Waals surface area contributed by atoms with Crippen molar-refractivity contribution in [2.75, 3.05) is 26.1 Å². The third kappa shape index (κ3) is 10.0. The molecule has 3 N–H and O–H groups in total. The molecule has 0 unspecified atom stereocenters. The standard InChI is InChI=1S/C29H34N5O3/c1-36-27-11-7-9-23(19-27)21-32-31-18-6-4-3-5-17-30-26-15-13-25(14-16-26)29(35)34-33-22-24-10-8-12-28(20-24)37-2/h7-17,19-22,30-31H,3-6,18H2,1-2H3,(H,34,35). The van der Waals surface area contributed by atoms with E-state index in [4.69, 9.17) is 9.47 Å². The summed E-state index contributed by atoms with van der Waals surface area (Å²) in [6.45, 7) is 2.88. The van der Waals surface area contributed by atoms with Crippen LogP contribution in [-0.4, -0.2) is 39.1 Å². The van der Waals surface area contributed by atoms with Gasteiger partial charge in [0.2, 0.25) is 0 Å². The van der Waals surface area contributed by atoms with Gasteiger partial charge in [0.1, 0.15) is 11.5 Å². The quantitative estimate of drug-likeness (QED) is 0.151. The van der Waals surface area contributed by atoms with Gasteiger partial charge in [0, 0.05) is 24.3 Å². The Morgan fingerprint density at radius 3 is 2.11 bits per heavy atom. The van der Waals surface area contributed by atoms with E-state index >= 15 is 0 Å². The predicted octanol–water partition coefficient (Wildman–Crippen LogP) is 5.23. The molecule has 1 radical (unpaired) electrons. The summed E-state index contributed by atoms with van der Waals surface area (Å²) in [5.74, 6) is 1.29. The third-order valence-electron chi connectivity index (χ3n) is 5.43. The Kier molecular flexibility index (Phi) is 11.5. The van der Waals surface area contributed by atoms with E-state index in [0.717, 1.165) is 60.5 Å². The lowest BCUT2D eigenvalue weighted by Gasteiger charge is -2.07. The summed E-state index contributed by atoms with van der Waals surface area (Å²) in [5, 5.41) is 11.6. The second kappa shape index (κ2) is 15.6. The molecule has 0 bridgehead atoms. The van der Waals surface area contributed by atoms with Gasteiger partial charge < -0.3 is 20.2 Å². The number of methoxy groups -OCH3 is 2. The van der Waals surface area contributed by atoms with Crippen molar-refractivity contribution >= 4 is 24.0 Å². The second-order valence-corrected chi connectivity index (χ2v) is 8.19. The van der Waals surface area contributed by atoms with Crippen LogP contribution in [0.4, 0.5) is 5.69 Å². The van der Waals surface area contributed by atoms with Crippen molar-refractivity contribution in [3.8, 4) is 11.5 Å². The van der Waals surface area contributed by atoms with E-state index in [-0.39, 0.29) is 5.91 Å². The minimum Gasteiger partial charge on any atom is -0.497 e. The smallest absolute Gasteiger partial charge is 0.271 e. The van der Waals surface area contributed by atoms with Gasteiger partial charge in [-0.05, 0) is 72.5 Å². The van der Waals surface area contributed by atoms with Crippen molar-refractivity contribution in [3.05, 3.63) is 96.0 Å². The van der Waals surface area contributed by atoms with Crippen LogP contribution >= 0.6 is 0 Å². The van der Waals surface area contributed by atoms with E-state index in [1.165, 1.54) is 0 Å². The van der Waals surface area contributed by atoms with E-state index in [1.807, 2.05) is 67.2 Å². The zero-order chi connectivity index (χ0) is 26.1. The summed E-state index contributed by atoms with van der Waals surface area (Å²) >= 11 is 0. The zero-order valence-corrected chi connectivity index (χ0v) is 21.3. The molecule has 0 spiro atoms. The van der Waals surface area contributed by atoms with Gasteiger partial charge in [0.25, 0.3) is 5.91 Å². The highest BCUT2D eigenvalue weighted by molar-refractivity contribution is 5.95. The minimum absolute atomic E-state index is 0.267. The van der Waals surface area contributed by atoms with Crippen LogP contribution < -0.4 is 25.6 Å². The van der Waals surface area contributed by atoms with Crippen molar-refractivity contribution in [2.45, 2.75) is 25.7 Å². The topological polar surface area (TPSA) is 96.3 Å². The molecule has 193 valence electrons. The zero-order valence-electron chi connectivity index (χ0n) is 21.3. The van der Waals surface area contributed by atoms with Gasteiger partial charge in [0.05, 0.1) is 26.6 Å². The molecule has 0 aromatic heterocycles. The maximum atomic E-state index is 12.3. The Morgan fingerprint density at radius 2 is 1.46 bits per heavy atom. The first kappa shape index (κ1) is 27.3. The van der Waals surface area contributed by atoms with Gasteiger partial charge in [0.15, 0.2) is 0 Å². The molecule has 37 heavy (non-hydrogen) atoms. The average molecular weight is 501 g/mol. The number of carbonyl (C=O) groups is 1. The van der Waals surface area contributed by atoms with Crippen LogP contribution in [0.25, 0.3) is 0 Å². The number of hydrazone groups is 2. The molecule has 0 atom stereocenters. The number of rotatable bonds is 15. The molecule has 3 rings (SSSR count). The van der Waals surface area contributed by atoms with Crippen LogP contribution in [0.15, 0.2) is 83.0 Å². The number of hydrogen-bond acceptors (Lipinski definition) is 7. The third-order valence-corrected chi connectivity index (χ3v) is 5.43. The number of carbonyl (C=O) groups excluding carboxylic acids is 1. The van der Waals surface area contributed by atoms with Crippen molar-refractivity contribution in [1.82, 2.24) is 10.9 Å². The molecule has 1 amide bonds. The summed E-state index contributed by atoms with van der Waals surface area (Å²) in [4.78, 5) is 12.3. The first-order chi connectivity index (χ1) is 18.2. The molecule has 8 nitrogen and oxygen atoms in total. The van der Waals surface area contributed by atoms with E-state index < -0.39 is 0 Å². The molecule has 3 aromatic carbocycles. The minimum atomic E-state index is -0.267. The largest absolute Gasteiger partial charge is 0.497 e. The predicted molar refractivity (Wildman–Crippen MR) is 149 cm³/mol. The second-order valence-electron chi connectivity index (χ2n) is 8.19. The highest BCUT2D eigenvalue weighted by Crippen LogP contribution is 2.13. The molecule has 0 fully saturated rings. The molecule has 0 aliphatic rings. The molecular weight excluding hydrogens is 466 g/mol. The van der Waals surface area contributed by atoms with Crippen LogP contribution in [0, 0.1) is 6.54 Å². The summed E-state index contributed by atoms with van der Waals surface area (Å²) in [5.41, 5.74) is 8.94. The Morgan fingerprint density at radius 1 is 0.811 bits per heavy atom. The number of benzene rings is 3. The van der Waals surface area contributed by atoms with Gasteiger partial charge in [-0.1, -0.05) is 37.1 Å². The summed E-state index contributed by atoms with van der Waals surface area (Å²) < 4.78 is 10.4. The maximum Gasteiger partial charge on any atom is 0.271 e. The highest BCUT2D eigenvalue weighted by Gasteiger charge is 2.04. The van der Waals surface area contributed by atoms with Gasteiger partial charge in [-0.15, -0.1) is 0 Å². The molecule has 0 heterocycles. The van der Waals surface area contributed by atoms with Gasteiger partial charge in [-0.25, -0.2) is 5.43 Å². The van der Waals surface area contributed by atoms with Crippen molar-refractivity contribution in [3.63, 3.8) is 0 Å². The molecule has 0 aliphatic carbocycles. The van der Waals surface area contributed by atoms with Crippen LogP contribution in [0.3, 0.4) is 0 Å². The van der Waals surface area contributed by atoms with Gasteiger partial charge in [-0.2, -0.15) is 10.2 Å². The first-order valence-corrected chi connectivity index (χ1v) is 12.2. The number of unbranched alkanes of at least 4 members (excludes halogenated alkanes) is 3. The first-order valence-electron chi connectivity index (χ1n) is 12.2. The van der Waals surface area contributed by atoms with Gasteiger partial charge >= 0.3 is 0 Å². The number of ether oxygens (including phenoxy) is 2. The number of nitrogens with one attached hydrogen (secondary N) is 3.